The summed E-state index contributed by atoms with van der Waals surface area (Å²) in [4.78, 5) is 11.2. The summed E-state index contributed by atoms with van der Waals surface area (Å²) in [5.41, 5.74) is 0. The second kappa shape index (κ2) is 10.7. The molecule has 0 rings (SSSR count). The van der Waals surface area contributed by atoms with Crippen molar-refractivity contribution in [3.63, 3.8) is 0 Å². The van der Waals surface area contributed by atoms with E-state index >= 15 is 0 Å². The fourth-order valence-corrected chi connectivity index (χ4v) is 1.28. The van der Waals surface area contributed by atoms with Crippen LogP contribution in [0.25, 0.3) is 0 Å². The van der Waals surface area contributed by atoms with E-state index in [9.17, 15) is 9.90 Å². The number of hydrogen-bond donors (Lipinski definition) is 1. The minimum atomic E-state index is -0.278. The molecule has 1 N–H and O–H groups in total. The van der Waals surface area contributed by atoms with Crippen molar-refractivity contribution in [3.05, 3.63) is 12.2 Å². The summed E-state index contributed by atoms with van der Waals surface area (Å²) >= 11 is 0. The van der Waals surface area contributed by atoms with Crippen LogP contribution in [0.15, 0.2) is 12.2 Å². The van der Waals surface area contributed by atoms with Crippen LogP contribution in [-0.2, 0) is 9.53 Å². The van der Waals surface area contributed by atoms with Crippen molar-refractivity contribution >= 4 is 5.97 Å². The first-order valence-corrected chi connectivity index (χ1v) is 6.19. The Kier molecular flexibility index (Phi) is 10.1. The van der Waals surface area contributed by atoms with E-state index in [0.717, 1.165) is 19.3 Å². The van der Waals surface area contributed by atoms with Crippen molar-refractivity contribution in [2.45, 2.75) is 58.5 Å². The van der Waals surface area contributed by atoms with Gasteiger partial charge in [-0.2, -0.15) is 0 Å². The highest BCUT2D eigenvalue weighted by Crippen LogP contribution is 2.05. The van der Waals surface area contributed by atoms with Crippen molar-refractivity contribution in [1.29, 1.82) is 0 Å². The maximum absolute atomic E-state index is 11.2. The van der Waals surface area contributed by atoms with Gasteiger partial charge in [0.1, 0.15) is 0 Å². The number of esters is 1. The predicted octanol–water partition coefficient (Wildman–Crippen LogP) is 2.83. The van der Waals surface area contributed by atoms with Gasteiger partial charge in [0.05, 0.1) is 12.7 Å². The first kappa shape index (κ1) is 15.2. The van der Waals surface area contributed by atoms with Gasteiger partial charge >= 0.3 is 5.97 Å². The third kappa shape index (κ3) is 9.71. The fourth-order valence-electron chi connectivity index (χ4n) is 1.28. The number of aliphatic hydroxyl groups excluding tert-OH is 1. The normalized spacial score (nSPS) is 12.9. The van der Waals surface area contributed by atoms with Crippen LogP contribution >= 0.6 is 0 Å². The molecule has 16 heavy (non-hydrogen) atoms. The summed E-state index contributed by atoms with van der Waals surface area (Å²) in [5.74, 6) is -0.159. The Morgan fingerprint density at radius 2 is 2.12 bits per heavy atom. The van der Waals surface area contributed by atoms with Crippen LogP contribution in [0.5, 0.6) is 0 Å². The molecule has 0 aliphatic heterocycles. The SMILES string of the molecule is CC/C=C\CCOC(=O)CCCC(O)CC. The molecule has 0 radical (unpaired) electrons. The molecule has 0 aliphatic rings. The van der Waals surface area contributed by atoms with Crippen LogP contribution in [0.2, 0.25) is 0 Å². The molecule has 0 saturated heterocycles. The predicted molar refractivity (Wildman–Crippen MR) is 65.2 cm³/mol. The lowest BCUT2D eigenvalue weighted by Gasteiger charge is -2.06. The molecule has 0 fully saturated rings. The van der Waals surface area contributed by atoms with Crippen LogP contribution in [0.3, 0.4) is 0 Å². The molecular weight excluding hydrogens is 204 g/mol. The molecule has 1 atom stereocenters. The zero-order chi connectivity index (χ0) is 12.2. The highest BCUT2D eigenvalue weighted by Gasteiger charge is 2.05. The maximum Gasteiger partial charge on any atom is 0.305 e. The number of carbonyl (C=O) groups excluding carboxylic acids is 1. The van der Waals surface area contributed by atoms with E-state index in [4.69, 9.17) is 4.74 Å². The number of ether oxygens (including phenoxy) is 1. The van der Waals surface area contributed by atoms with Crippen LogP contribution in [0.1, 0.15) is 52.4 Å². The Balaban J connectivity index is 3.34. The van der Waals surface area contributed by atoms with Crippen LogP contribution in [0.4, 0.5) is 0 Å². The average Bonchev–Trinajstić information content (AvgIpc) is 2.28. The second-order valence-electron chi connectivity index (χ2n) is 3.84. The number of rotatable bonds is 9. The number of aliphatic hydroxyl groups is 1. The molecule has 0 saturated carbocycles. The van der Waals surface area contributed by atoms with Crippen molar-refractivity contribution in [1.82, 2.24) is 0 Å². The molecule has 1 unspecified atom stereocenters. The molecule has 0 bridgehead atoms. The summed E-state index contributed by atoms with van der Waals surface area (Å²) in [7, 11) is 0. The first-order valence-electron chi connectivity index (χ1n) is 6.19. The zero-order valence-corrected chi connectivity index (χ0v) is 10.4. The smallest absolute Gasteiger partial charge is 0.305 e. The monoisotopic (exact) mass is 228 g/mol. The standard InChI is InChI=1S/C13H24O3/c1-3-5-6-7-11-16-13(15)10-8-9-12(14)4-2/h5-6,12,14H,3-4,7-11H2,1-2H3/b6-5-. The van der Waals surface area contributed by atoms with Gasteiger partial charge in [0, 0.05) is 6.42 Å². The van der Waals surface area contributed by atoms with Gasteiger partial charge in [0.15, 0.2) is 0 Å². The molecular formula is C13H24O3. The number of carbonyl (C=O) groups is 1. The van der Waals surface area contributed by atoms with Gasteiger partial charge in [0.25, 0.3) is 0 Å². The molecule has 0 aromatic carbocycles. The minimum Gasteiger partial charge on any atom is -0.465 e. The van der Waals surface area contributed by atoms with Crippen LogP contribution in [0, 0.1) is 0 Å². The summed E-state index contributed by atoms with van der Waals surface area (Å²) in [6.45, 7) is 4.47. The van der Waals surface area contributed by atoms with Crippen LogP contribution < -0.4 is 0 Å². The summed E-state index contributed by atoms with van der Waals surface area (Å²) in [5, 5.41) is 9.28. The Morgan fingerprint density at radius 3 is 2.75 bits per heavy atom. The van der Waals surface area contributed by atoms with Crippen LogP contribution in [-0.4, -0.2) is 23.8 Å². The fraction of sp³-hybridized carbons (Fsp3) is 0.769. The van der Waals surface area contributed by atoms with Crippen molar-refractivity contribution < 1.29 is 14.6 Å². The van der Waals surface area contributed by atoms with E-state index in [-0.39, 0.29) is 12.1 Å². The zero-order valence-electron chi connectivity index (χ0n) is 10.4. The van der Waals surface area contributed by atoms with E-state index in [1.165, 1.54) is 0 Å². The molecule has 0 spiro atoms. The van der Waals surface area contributed by atoms with E-state index < -0.39 is 0 Å². The molecule has 94 valence electrons. The van der Waals surface area contributed by atoms with Crippen molar-refractivity contribution in [2.24, 2.45) is 0 Å². The molecule has 3 heteroatoms. The first-order chi connectivity index (χ1) is 7.70. The Labute approximate surface area is 98.5 Å². The minimum absolute atomic E-state index is 0.159. The quantitative estimate of drug-likeness (QED) is 0.375. The number of hydrogen-bond acceptors (Lipinski definition) is 3. The van der Waals surface area contributed by atoms with Gasteiger partial charge in [-0.25, -0.2) is 0 Å². The van der Waals surface area contributed by atoms with E-state index in [0.29, 0.717) is 25.9 Å². The highest BCUT2D eigenvalue weighted by molar-refractivity contribution is 5.69. The Bertz CT molecular complexity index is 199. The average molecular weight is 228 g/mol. The van der Waals surface area contributed by atoms with Gasteiger partial charge in [-0.3, -0.25) is 4.79 Å². The lowest BCUT2D eigenvalue weighted by Crippen LogP contribution is -2.08. The van der Waals surface area contributed by atoms with E-state index in [1.807, 2.05) is 13.0 Å². The Hall–Kier alpha value is -0.830. The molecule has 0 heterocycles. The second-order valence-corrected chi connectivity index (χ2v) is 3.84. The molecule has 0 aromatic heterocycles. The van der Waals surface area contributed by atoms with Gasteiger partial charge in [0.2, 0.25) is 0 Å². The van der Waals surface area contributed by atoms with E-state index in [2.05, 4.69) is 13.0 Å². The number of allylic oxidation sites excluding steroid dienone is 1. The van der Waals surface area contributed by atoms with Crippen molar-refractivity contribution in [2.75, 3.05) is 6.61 Å². The highest BCUT2D eigenvalue weighted by atomic mass is 16.5. The lowest BCUT2D eigenvalue weighted by atomic mass is 10.1. The third-order valence-corrected chi connectivity index (χ3v) is 2.34. The van der Waals surface area contributed by atoms with Gasteiger partial charge in [-0.15, -0.1) is 0 Å². The lowest BCUT2D eigenvalue weighted by molar-refractivity contribution is -0.143. The summed E-state index contributed by atoms with van der Waals surface area (Å²) < 4.78 is 5.03. The maximum atomic E-state index is 11.2. The molecule has 0 aliphatic carbocycles. The van der Waals surface area contributed by atoms with Gasteiger partial charge < -0.3 is 9.84 Å². The van der Waals surface area contributed by atoms with Gasteiger partial charge in [-0.05, 0) is 32.1 Å². The van der Waals surface area contributed by atoms with Crippen molar-refractivity contribution in [3.8, 4) is 0 Å². The van der Waals surface area contributed by atoms with E-state index in [1.54, 1.807) is 0 Å². The molecule has 0 aromatic rings. The molecule has 0 amide bonds. The topological polar surface area (TPSA) is 46.5 Å². The largest absolute Gasteiger partial charge is 0.465 e. The molecule has 3 nitrogen and oxygen atoms in total. The third-order valence-electron chi connectivity index (χ3n) is 2.34. The van der Waals surface area contributed by atoms with Gasteiger partial charge in [-0.1, -0.05) is 26.0 Å². The summed E-state index contributed by atoms with van der Waals surface area (Å²) in [6.07, 6.45) is 8.16. The Morgan fingerprint density at radius 1 is 1.38 bits per heavy atom. The summed E-state index contributed by atoms with van der Waals surface area (Å²) in [6, 6.07) is 0.